The molecule has 7 heteroatoms. The monoisotopic (exact) mass is 272 g/mol. The zero-order chi connectivity index (χ0) is 14.6. The van der Waals surface area contributed by atoms with Crippen molar-refractivity contribution in [1.29, 1.82) is 0 Å². The van der Waals surface area contributed by atoms with Crippen molar-refractivity contribution in [3.63, 3.8) is 0 Å². The maximum atomic E-state index is 12.3. The topological polar surface area (TPSA) is 98.2 Å². The second-order valence-electron chi connectivity index (χ2n) is 5.11. The molecule has 2 atom stereocenters. The first-order valence-corrected chi connectivity index (χ1v) is 6.30. The lowest BCUT2D eigenvalue weighted by Gasteiger charge is -2.39. The molecule has 2 N–H and O–H groups in total. The number of nitrogens with zero attached hydrogens (tertiary/aromatic N) is 2. The summed E-state index contributed by atoms with van der Waals surface area (Å²) >= 11 is 0. The molecular weight excluding hydrogens is 252 g/mol. The molecule has 0 aromatic heterocycles. The molecule has 0 saturated carbocycles. The highest BCUT2D eigenvalue weighted by Crippen LogP contribution is 2.22. The number of carbonyl (C=O) groups is 3. The van der Waals surface area contributed by atoms with Crippen molar-refractivity contribution in [1.82, 2.24) is 9.80 Å². The fraction of sp³-hybridized carbons (Fsp3) is 0.750. The summed E-state index contributed by atoms with van der Waals surface area (Å²) in [5.74, 6) is -2.09. The van der Waals surface area contributed by atoms with E-state index in [2.05, 4.69) is 0 Å². The normalized spacial score (nSPS) is 22.9. The lowest BCUT2D eigenvalue weighted by molar-refractivity contribution is -0.140. The molecule has 7 nitrogen and oxygen atoms in total. The predicted octanol–water partition coefficient (Wildman–Crippen LogP) is 0.698. The molecule has 0 bridgehead atoms. The SMILES string of the molecule is CC1CCC(C)N(C(=O)N(CC(=O)O)CC(=O)O)C1. The maximum Gasteiger partial charge on any atom is 0.323 e. The van der Waals surface area contributed by atoms with Crippen LogP contribution in [0.3, 0.4) is 0 Å². The Balaban J connectivity index is 2.78. The number of aliphatic carboxylic acids is 2. The van der Waals surface area contributed by atoms with E-state index >= 15 is 0 Å². The van der Waals surface area contributed by atoms with Crippen LogP contribution in [0, 0.1) is 5.92 Å². The molecule has 1 fully saturated rings. The number of piperidine rings is 1. The Bertz CT molecular complexity index is 355. The molecule has 0 aromatic rings. The average Bonchev–Trinajstić information content (AvgIpc) is 2.29. The molecule has 2 unspecified atom stereocenters. The van der Waals surface area contributed by atoms with Crippen molar-refractivity contribution in [2.24, 2.45) is 5.92 Å². The van der Waals surface area contributed by atoms with Gasteiger partial charge in [0.2, 0.25) is 0 Å². The number of hydrogen-bond donors (Lipinski definition) is 2. The molecule has 0 aliphatic carbocycles. The number of hydrogen-bond acceptors (Lipinski definition) is 3. The van der Waals surface area contributed by atoms with Gasteiger partial charge < -0.3 is 20.0 Å². The van der Waals surface area contributed by atoms with Crippen molar-refractivity contribution < 1.29 is 24.6 Å². The van der Waals surface area contributed by atoms with E-state index in [4.69, 9.17) is 10.2 Å². The van der Waals surface area contributed by atoms with Gasteiger partial charge in [-0.05, 0) is 25.7 Å². The van der Waals surface area contributed by atoms with Gasteiger partial charge in [0.05, 0.1) is 0 Å². The Morgan fingerprint density at radius 3 is 2.11 bits per heavy atom. The van der Waals surface area contributed by atoms with Gasteiger partial charge in [-0.25, -0.2) is 4.79 Å². The molecule has 0 spiro atoms. The molecule has 2 amide bonds. The molecule has 1 heterocycles. The van der Waals surface area contributed by atoms with Crippen LogP contribution in [-0.2, 0) is 9.59 Å². The minimum absolute atomic E-state index is 0.00814. The lowest BCUT2D eigenvalue weighted by atomic mass is 9.95. The summed E-state index contributed by atoms with van der Waals surface area (Å²) in [6, 6.07) is -0.502. The standard InChI is InChI=1S/C12H20N2O5/c1-8-3-4-9(2)14(5-8)12(19)13(6-10(15)16)7-11(17)18/h8-9H,3-7H2,1-2H3,(H,15,16)(H,17,18). The Kier molecular flexibility index (Phi) is 5.14. The van der Waals surface area contributed by atoms with Gasteiger partial charge in [0.1, 0.15) is 13.1 Å². The Morgan fingerprint density at radius 1 is 1.11 bits per heavy atom. The highest BCUT2D eigenvalue weighted by Gasteiger charge is 2.31. The zero-order valence-corrected chi connectivity index (χ0v) is 11.2. The molecule has 1 aliphatic heterocycles. The summed E-state index contributed by atoms with van der Waals surface area (Å²) < 4.78 is 0. The van der Waals surface area contributed by atoms with E-state index in [1.54, 1.807) is 4.90 Å². The van der Waals surface area contributed by atoms with E-state index in [9.17, 15) is 14.4 Å². The van der Waals surface area contributed by atoms with Crippen molar-refractivity contribution >= 4 is 18.0 Å². The van der Waals surface area contributed by atoms with Gasteiger partial charge >= 0.3 is 18.0 Å². The van der Waals surface area contributed by atoms with Crippen LogP contribution in [0.1, 0.15) is 26.7 Å². The van der Waals surface area contributed by atoms with Crippen LogP contribution in [-0.4, -0.2) is 63.7 Å². The number of carbonyl (C=O) groups excluding carboxylic acids is 1. The molecule has 1 rings (SSSR count). The van der Waals surface area contributed by atoms with E-state index in [1.807, 2.05) is 13.8 Å². The molecule has 19 heavy (non-hydrogen) atoms. The molecular formula is C12H20N2O5. The fourth-order valence-electron chi connectivity index (χ4n) is 2.25. The van der Waals surface area contributed by atoms with Crippen LogP contribution in [0.2, 0.25) is 0 Å². The molecule has 0 aromatic carbocycles. The third kappa shape index (κ3) is 4.42. The first-order chi connectivity index (χ1) is 8.81. The average molecular weight is 272 g/mol. The number of amides is 2. The van der Waals surface area contributed by atoms with Gasteiger partial charge in [0, 0.05) is 12.6 Å². The van der Waals surface area contributed by atoms with E-state index in [1.165, 1.54) is 0 Å². The third-order valence-electron chi connectivity index (χ3n) is 3.29. The van der Waals surface area contributed by atoms with Crippen LogP contribution in [0.4, 0.5) is 4.79 Å². The van der Waals surface area contributed by atoms with Gasteiger partial charge in [-0.3, -0.25) is 9.59 Å². The van der Waals surface area contributed by atoms with Crippen molar-refractivity contribution in [3.05, 3.63) is 0 Å². The van der Waals surface area contributed by atoms with Gasteiger partial charge in [-0.15, -0.1) is 0 Å². The van der Waals surface area contributed by atoms with Gasteiger partial charge in [-0.2, -0.15) is 0 Å². The highest BCUT2D eigenvalue weighted by molar-refractivity contribution is 5.84. The largest absolute Gasteiger partial charge is 0.480 e. The van der Waals surface area contributed by atoms with Crippen LogP contribution in [0.25, 0.3) is 0 Å². The minimum Gasteiger partial charge on any atom is -0.480 e. The highest BCUT2D eigenvalue weighted by atomic mass is 16.4. The molecule has 0 radical (unpaired) electrons. The Morgan fingerprint density at radius 2 is 1.63 bits per heavy atom. The number of urea groups is 1. The molecule has 1 saturated heterocycles. The number of carboxylic acids is 2. The first kappa shape index (κ1) is 15.3. The number of carboxylic acid groups (broad SMARTS) is 2. The van der Waals surface area contributed by atoms with Crippen LogP contribution < -0.4 is 0 Å². The Labute approximate surface area is 111 Å². The van der Waals surface area contributed by atoms with Gasteiger partial charge in [0.25, 0.3) is 0 Å². The third-order valence-corrected chi connectivity index (χ3v) is 3.29. The summed E-state index contributed by atoms with van der Waals surface area (Å²) in [5.41, 5.74) is 0. The van der Waals surface area contributed by atoms with Crippen LogP contribution >= 0.6 is 0 Å². The van der Waals surface area contributed by atoms with Crippen molar-refractivity contribution in [2.45, 2.75) is 32.7 Å². The zero-order valence-electron chi connectivity index (χ0n) is 11.2. The smallest absolute Gasteiger partial charge is 0.323 e. The van der Waals surface area contributed by atoms with Crippen LogP contribution in [0.5, 0.6) is 0 Å². The summed E-state index contributed by atoms with van der Waals surface area (Å²) in [6.45, 7) is 3.26. The van der Waals surface area contributed by atoms with E-state index < -0.39 is 31.1 Å². The number of rotatable bonds is 4. The molecule has 1 aliphatic rings. The summed E-state index contributed by atoms with van der Waals surface area (Å²) in [7, 11) is 0. The first-order valence-electron chi connectivity index (χ1n) is 6.30. The van der Waals surface area contributed by atoms with E-state index in [0.29, 0.717) is 12.5 Å². The molecule has 108 valence electrons. The van der Waals surface area contributed by atoms with Crippen molar-refractivity contribution in [2.75, 3.05) is 19.6 Å². The second kappa shape index (κ2) is 6.40. The van der Waals surface area contributed by atoms with Crippen molar-refractivity contribution in [3.8, 4) is 0 Å². The van der Waals surface area contributed by atoms with Gasteiger partial charge in [0.15, 0.2) is 0 Å². The quantitative estimate of drug-likeness (QED) is 0.785. The van der Waals surface area contributed by atoms with E-state index in [0.717, 1.165) is 17.7 Å². The lowest BCUT2D eigenvalue weighted by Crippen LogP contribution is -2.53. The fourth-order valence-corrected chi connectivity index (χ4v) is 2.25. The Hall–Kier alpha value is -1.79. The minimum atomic E-state index is -1.22. The summed E-state index contributed by atoms with van der Waals surface area (Å²) in [5, 5.41) is 17.5. The maximum absolute atomic E-state index is 12.3. The summed E-state index contributed by atoms with van der Waals surface area (Å²) in [6.07, 6.45) is 1.86. The second-order valence-corrected chi connectivity index (χ2v) is 5.11. The van der Waals surface area contributed by atoms with Crippen LogP contribution in [0.15, 0.2) is 0 Å². The van der Waals surface area contributed by atoms with E-state index in [-0.39, 0.29) is 6.04 Å². The van der Waals surface area contributed by atoms with Gasteiger partial charge in [-0.1, -0.05) is 6.92 Å². The summed E-state index contributed by atoms with van der Waals surface area (Å²) in [4.78, 5) is 36.1. The number of likely N-dealkylation sites (tertiary alicyclic amines) is 1. The predicted molar refractivity (Wildman–Crippen MR) is 66.8 cm³/mol.